The molecule has 0 radical (unpaired) electrons. The van der Waals surface area contributed by atoms with Crippen molar-refractivity contribution < 1.29 is 18.0 Å². The number of carbonyl (C=O) groups is 2. The number of halogens is 1. The fourth-order valence-corrected chi connectivity index (χ4v) is 4.73. The lowest BCUT2D eigenvalue weighted by atomic mass is 10.2. The van der Waals surface area contributed by atoms with Gasteiger partial charge in [-0.05, 0) is 61.9 Å². The predicted molar refractivity (Wildman–Crippen MR) is 125 cm³/mol. The summed E-state index contributed by atoms with van der Waals surface area (Å²) in [5.41, 5.74) is 7.54. The largest absolute Gasteiger partial charge is 0.366 e. The van der Waals surface area contributed by atoms with Crippen molar-refractivity contribution in [3.8, 4) is 0 Å². The second kappa shape index (κ2) is 9.42. The van der Waals surface area contributed by atoms with Gasteiger partial charge in [0.1, 0.15) is 6.54 Å². The van der Waals surface area contributed by atoms with Gasteiger partial charge in [-0.25, -0.2) is 8.42 Å². The molecule has 7 nitrogen and oxygen atoms in total. The topological polar surface area (TPSA) is 110 Å². The third-order valence-corrected chi connectivity index (χ3v) is 7.02. The van der Waals surface area contributed by atoms with Gasteiger partial charge in [0.05, 0.1) is 10.6 Å². The number of aryl methyl sites for hydroxylation is 1. The lowest BCUT2D eigenvalue weighted by molar-refractivity contribution is -0.114. The summed E-state index contributed by atoms with van der Waals surface area (Å²) in [6, 6.07) is 17.3. The van der Waals surface area contributed by atoms with E-state index in [0.717, 1.165) is 9.87 Å². The maximum Gasteiger partial charge on any atom is 0.264 e. The first-order chi connectivity index (χ1) is 15.1. The van der Waals surface area contributed by atoms with Gasteiger partial charge >= 0.3 is 0 Å². The third-order valence-electron chi connectivity index (χ3n) is 4.83. The molecule has 0 aliphatic rings. The van der Waals surface area contributed by atoms with E-state index in [-0.39, 0.29) is 10.5 Å². The molecule has 0 heterocycles. The van der Waals surface area contributed by atoms with Crippen LogP contribution >= 0.6 is 11.6 Å². The standard InChI is InChI=1S/C23H22ClN3O4S/c1-15-9-11-19(12-10-15)32(30,31)27(21-8-4-7-20(24)16(21)2)14-22(28)26-18-6-3-5-17(13-18)23(25)29/h3-13H,14H2,1-2H3,(H2,25,29)(H,26,28). The van der Waals surface area contributed by atoms with E-state index in [2.05, 4.69) is 5.32 Å². The number of benzene rings is 3. The molecule has 0 aromatic heterocycles. The molecule has 0 atom stereocenters. The van der Waals surface area contributed by atoms with Crippen molar-refractivity contribution in [2.24, 2.45) is 5.73 Å². The monoisotopic (exact) mass is 471 g/mol. The fraction of sp³-hybridized carbons (Fsp3) is 0.130. The van der Waals surface area contributed by atoms with Gasteiger partial charge in [0.2, 0.25) is 11.8 Å². The third kappa shape index (κ3) is 5.09. The van der Waals surface area contributed by atoms with E-state index in [9.17, 15) is 18.0 Å². The average Bonchev–Trinajstić information content (AvgIpc) is 2.74. The molecule has 166 valence electrons. The molecule has 32 heavy (non-hydrogen) atoms. The molecule has 0 saturated heterocycles. The smallest absolute Gasteiger partial charge is 0.264 e. The molecule has 3 aromatic rings. The molecule has 0 aliphatic heterocycles. The average molecular weight is 472 g/mol. The number of sulfonamides is 1. The van der Waals surface area contributed by atoms with Crippen molar-refractivity contribution in [3.63, 3.8) is 0 Å². The van der Waals surface area contributed by atoms with Gasteiger partial charge in [0.15, 0.2) is 0 Å². The van der Waals surface area contributed by atoms with Gasteiger partial charge in [-0.15, -0.1) is 0 Å². The molecule has 0 saturated carbocycles. The van der Waals surface area contributed by atoms with E-state index in [1.54, 1.807) is 49.4 Å². The van der Waals surface area contributed by atoms with E-state index >= 15 is 0 Å². The van der Waals surface area contributed by atoms with Crippen LogP contribution in [-0.2, 0) is 14.8 Å². The van der Waals surface area contributed by atoms with Gasteiger partial charge in [0, 0.05) is 16.3 Å². The van der Waals surface area contributed by atoms with E-state index in [0.29, 0.717) is 22.0 Å². The molecule has 0 unspecified atom stereocenters. The van der Waals surface area contributed by atoms with E-state index in [1.807, 2.05) is 6.92 Å². The van der Waals surface area contributed by atoms with E-state index in [4.69, 9.17) is 17.3 Å². The second-order valence-corrected chi connectivity index (χ2v) is 9.47. The zero-order chi connectivity index (χ0) is 23.5. The molecule has 2 amide bonds. The Morgan fingerprint density at radius 2 is 1.66 bits per heavy atom. The molecule has 3 N–H and O–H groups in total. The van der Waals surface area contributed by atoms with Crippen LogP contribution in [0.3, 0.4) is 0 Å². The number of primary amides is 1. The van der Waals surface area contributed by atoms with Crippen LogP contribution in [0.4, 0.5) is 11.4 Å². The Labute approximate surface area is 191 Å². The molecule has 3 rings (SSSR count). The molecule has 9 heteroatoms. The summed E-state index contributed by atoms with van der Waals surface area (Å²) in [6.45, 7) is 3.03. The minimum Gasteiger partial charge on any atom is -0.366 e. The molecule has 0 fully saturated rings. The summed E-state index contributed by atoms with van der Waals surface area (Å²) in [4.78, 5) is 24.3. The number of amides is 2. The number of nitrogens with zero attached hydrogens (tertiary/aromatic N) is 1. The lowest BCUT2D eigenvalue weighted by Gasteiger charge is -2.26. The van der Waals surface area contributed by atoms with Gasteiger partial charge < -0.3 is 11.1 Å². The summed E-state index contributed by atoms with van der Waals surface area (Å²) >= 11 is 6.22. The van der Waals surface area contributed by atoms with E-state index in [1.165, 1.54) is 24.3 Å². The van der Waals surface area contributed by atoms with Crippen molar-refractivity contribution in [3.05, 3.63) is 88.4 Å². The molecule has 0 aliphatic carbocycles. The Balaban J connectivity index is 1.98. The molecule has 3 aromatic carbocycles. The minimum atomic E-state index is -4.08. The van der Waals surface area contributed by atoms with Crippen LogP contribution in [0.5, 0.6) is 0 Å². The Bertz CT molecular complexity index is 1270. The highest BCUT2D eigenvalue weighted by Gasteiger charge is 2.28. The lowest BCUT2D eigenvalue weighted by Crippen LogP contribution is -2.38. The normalized spacial score (nSPS) is 11.1. The van der Waals surface area contributed by atoms with Gasteiger partial charge in [0.25, 0.3) is 10.0 Å². The fourth-order valence-electron chi connectivity index (χ4n) is 3.08. The zero-order valence-electron chi connectivity index (χ0n) is 17.5. The SMILES string of the molecule is Cc1ccc(S(=O)(=O)N(CC(=O)Nc2cccc(C(N)=O)c2)c2cccc(Cl)c2C)cc1. The second-order valence-electron chi connectivity index (χ2n) is 7.20. The van der Waals surface area contributed by atoms with Crippen LogP contribution in [0, 0.1) is 13.8 Å². The molecule has 0 spiro atoms. The van der Waals surface area contributed by atoms with Crippen molar-refractivity contribution in [1.29, 1.82) is 0 Å². The number of nitrogens with two attached hydrogens (primary N) is 1. The van der Waals surface area contributed by atoms with Crippen molar-refractivity contribution in [1.82, 2.24) is 0 Å². The van der Waals surface area contributed by atoms with Crippen molar-refractivity contribution >= 4 is 44.8 Å². The summed E-state index contributed by atoms with van der Waals surface area (Å²) in [7, 11) is -4.08. The number of nitrogens with one attached hydrogen (secondary N) is 1. The quantitative estimate of drug-likeness (QED) is 0.544. The number of anilines is 2. The first-order valence-corrected chi connectivity index (χ1v) is 11.5. The summed E-state index contributed by atoms with van der Waals surface area (Å²) in [6.07, 6.45) is 0. The molecular weight excluding hydrogens is 450 g/mol. The highest BCUT2D eigenvalue weighted by atomic mass is 35.5. The Kier molecular flexibility index (Phi) is 6.86. The van der Waals surface area contributed by atoms with Crippen molar-refractivity contribution in [2.75, 3.05) is 16.2 Å². The number of hydrogen-bond acceptors (Lipinski definition) is 4. The van der Waals surface area contributed by atoms with Crippen LogP contribution in [-0.4, -0.2) is 26.8 Å². The highest BCUT2D eigenvalue weighted by Crippen LogP contribution is 2.31. The van der Waals surface area contributed by atoms with Crippen LogP contribution in [0.2, 0.25) is 5.02 Å². The Morgan fingerprint density at radius 3 is 2.31 bits per heavy atom. The van der Waals surface area contributed by atoms with Gasteiger partial charge in [-0.3, -0.25) is 13.9 Å². The number of carbonyl (C=O) groups excluding carboxylic acids is 2. The predicted octanol–water partition coefficient (Wildman–Crippen LogP) is 3.89. The van der Waals surface area contributed by atoms with Gasteiger partial charge in [-0.2, -0.15) is 0 Å². The number of rotatable bonds is 7. The van der Waals surface area contributed by atoms with Crippen LogP contribution in [0.25, 0.3) is 0 Å². The molecular formula is C23H22ClN3O4S. The highest BCUT2D eigenvalue weighted by molar-refractivity contribution is 7.92. The van der Waals surface area contributed by atoms with Crippen LogP contribution in [0.1, 0.15) is 21.5 Å². The van der Waals surface area contributed by atoms with Gasteiger partial charge in [-0.1, -0.05) is 41.4 Å². The Morgan fingerprint density at radius 1 is 1.00 bits per heavy atom. The summed E-state index contributed by atoms with van der Waals surface area (Å²) in [5, 5.41) is 2.99. The molecule has 0 bridgehead atoms. The maximum atomic E-state index is 13.5. The van der Waals surface area contributed by atoms with Crippen molar-refractivity contribution in [2.45, 2.75) is 18.7 Å². The minimum absolute atomic E-state index is 0.0472. The van der Waals surface area contributed by atoms with E-state index < -0.39 is 28.4 Å². The van der Waals surface area contributed by atoms with Crippen LogP contribution < -0.4 is 15.4 Å². The summed E-state index contributed by atoms with van der Waals surface area (Å²) in [5.74, 6) is -1.24. The number of hydrogen-bond donors (Lipinski definition) is 2. The first-order valence-electron chi connectivity index (χ1n) is 9.64. The summed E-state index contributed by atoms with van der Waals surface area (Å²) < 4.78 is 28.0. The van der Waals surface area contributed by atoms with Crippen LogP contribution in [0.15, 0.2) is 71.6 Å². The first kappa shape index (κ1) is 23.3. The Hall–Kier alpha value is -3.36. The maximum absolute atomic E-state index is 13.5. The zero-order valence-corrected chi connectivity index (χ0v) is 19.1.